The van der Waals surface area contributed by atoms with E-state index < -0.39 is 0 Å². The molecule has 0 aromatic carbocycles. The maximum Gasteiger partial charge on any atom is 0.239 e. The zero-order valence-corrected chi connectivity index (χ0v) is 10.4. The first-order valence-corrected chi connectivity index (χ1v) is 6.41. The molecule has 1 amide bonds. The third-order valence-corrected chi connectivity index (χ3v) is 3.69. The fourth-order valence-corrected chi connectivity index (χ4v) is 2.80. The number of carbonyl (C=O) groups excluding carboxylic acids is 1. The maximum absolute atomic E-state index is 12.3. The summed E-state index contributed by atoms with van der Waals surface area (Å²) in [5, 5.41) is 3.30. The summed E-state index contributed by atoms with van der Waals surface area (Å²) in [6.45, 7) is 6.18. The van der Waals surface area contributed by atoms with Gasteiger partial charge in [-0.1, -0.05) is 0 Å². The largest absolute Gasteiger partial charge is 0.337 e. The molecule has 2 atom stereocenters. The lowest BCUT2D eigenvalue weighted by atomic mass is 10.1. The van der Waals surface area contributed by atoms with Crippen LogP contribution in [0.1, 0.15) is 26.2 Å². The highest BCUT2D eigenvalue weighted by atomic mass is 16.2. The number of hydrogen-bond donors (Lipinski definition) is 1. The van der Waals surface area contributed by atoms with Gasteiger partial charge in [0.2, 0.25) is 5.91 Å². The zero-order valence-electron chi connectivity index (χ0n) is 10.4. The van der Waals surface area contributed by atoms with Gasteiger partial charge in [0.25, 0.3) is 0 Å². The van der Waals surface area contributed by atoms with Crippen LogP contribution in [-0.4, -0.2) is 61.0 Å². The molecule has 1 N–H and O–H groups in total. The minimum Gasteiger partial charge on any atom is -0.337 e. The smallest absolute Gasteiger partial charge is 0.239 e. The van der Waals surface area contributed by atoms with Crippen LogP contribution < -0.4 is 5.32 Å². The Hall–Kier alpha value is -0.610. The van der Waals surface area contributed by atoms with Crippen LogP contribution in [-0.2, 0) is 4.79 Å². The number of nitrogens with zero attached hydrogens (tertiary/aromatic N) is 2. The third-order valence-electron chi connectivity index (χ3n) is 3.69. The molecule has 4 nitrogen and oxygen atoms in total. The van der Waals surface area contributed by atoms with Crippen LogP contribution >= 0.6 is 0 Å². The zero-order chi connectivity index (χ0) is 11.5. The van der Waals surface area contributed by atoms with Crippen LogP contribution in [0, 0.1) is 0 Å². The molecule has 92 valence electrons. The molecule has 0 aliphatic carbocycles. The Labute approximate surface area is 98.0 Å². The van der Waals surface area contributed by atoms with Crippen LogP contribution in [0.2, 0.25) is 0 Å². The van der Waals surface area contributed by atoms with Crippen molar-refractivity contribution in [2.24, 2.45) is 0 Å². The fourth-order valence-electron chi connectivity index (χ4n) is 2.80. The average Bonchev–Trinajstić information content (AvgIpc) is 2.71. The van der Waals surface area contributed by atoms with Crippen LogP contribution in [0.4, 0.5) is 0 Å². The molecule has 2 aliphatic heterocycles. The summed E-state index contributed by atoms with van der Waals surface area (Å²) >= 11 is 0. The molecule has 0 spiro atoms. The highest BCUT2D eigenvalue weighted by Crippen LogP contribution is 2.14. The number of amides is 1. The molecule has 1 unspecified atom stereocenters. The van der Waals surface area contributed by atoms with Gasteiger partial charge in [-0.15, -0.1) is 0 Å². The second kappa shape index (κ2) is 5.15. The molecular weight excluding hydrogens is 202 g/mol. The third kappa shape index (κ3) is 2.55. The second-order valence-corrected chi connectivity index (χ2v) is 5.15. The van der Waals surface area contributed by atoms with Gasteiger partial charge in [0.05, 0.1) is 6.04 Å². The monoisotopic (exact) mass is 225 g/mol. The molecule has 2 heterocycles. The lowest BCUT2D eigenvalue weighted by Crippen LogP contribution is -2.49. The molecule has 0 bridgehead atoms. The van der Waals surface area contributed by atoms with Gasteiger partial charge in [-0.05, 0) is 46.3 Å². The Morgan fingerprint density at radius 2 is 2.12 bits per heavy atom. The number of rotatable bonds is 1. The van der Waals surface area contributed by atoms with Crippen LogP contribution in [0.15, 0.2) is 0 Å². The summed E-state index contributed by atoms with van der Waals surface area (Å²) in [4.78, 5) is 16.7. The van der Waals surface area contributed by atoms with Gasteiger partial charge in [0, 0.05) is 19.1 Å². The first-order chi connectivity index (χ1) is 7.68. The number of hydrogen-bond acceptors (Lipinski definition) is 3. The van der Waals surface area contributed by atoms with Crippen molar-refractivity contribution in [2.75, 3.05) is 33.2 Å². The predicted molar refractivity (Wildman–Crippen MR) is 64.3 cm³/mol. The lowest BCUT2D eigenvalue weighted by molar-refractivity contribution is -0.134. The van der Waals surface area contributed by atoms with E-state index in [1.165, 1.54) is 0 Å². The standard InChI is InChI=1S/C12H23N3O/c1-10-9-14(2)7-4-8-15(10)12(16)11-5-3-6-13-11/h10-11,13H,3-9H2,1-2H3/t10?,11-/m1/s1. The number of carbonyl (C=O) groups is 1. The summed E-state index contributed by atoms with van der Waals surface area (Å²) in [6.07, 6.45) is 3.25. The predicted octanol–water partition coefficient (Wildman–Crippen LogP) is 0.291. The Morgan fingerprint density at radius 3 is 2.81 bits per heavy atom. The molecular formula is C12H23N3O. The van der Waals surface area contributed by atoms with Gasteiger partial charge in [0.15, 0.2) is 0 Å². The quantitative estimate of drug-likeness (QED) is 0.697. The Kier molecular flexibility index (Phi) is 3.82. The van der Waals surface area contributed by atoms with E-state index in [9.17, 15) is 4.79 Å². The van der Waals surface area contributed by atoms with Gasteiger partial charge in [-0.3, -0.25) is 4.79 Å². The SMILES string of the molecule is CC1CN(C)CCCN1C(=O)[C@H]1CCCN1. The van der Waals surface area contributed by atoms with Crippen molar-refractivity contribution in [3.8, 4) is 0 Å². The highest BCUT2D eigenvalue weighted by Gasteiger charge is 2.30. The van der Waals surface area contributed by atoms with E-state index in [1.54, 1.807) is 0 Å². The van der Waals surface area contributed by atoms with Gasteiger partial charge in [-0.25, -0.2) is 0 Å². The minimum absolute atomic E-state index is 0.0888. The van der Waals surface area contributed by atoms with E-state index in [4.69, 9.17) is 0 Å². The van der Waals surface area contributed by atoms with Gasteiger partial charge < -0.3 is 15.1 Å². The van der Waals surface area contributed by atoms with E-state index in [-0.39, 0.29) is 6.04 Å². The molecule has 16 heavy (non-hydrogen) atoms. The molecule has 0 saturated carbocycles. The van der Waals surface area contributed by atoms with Crippen molar-refractivity contribution < 1.29 is 4.79 Å². The summed E-state index contributed by atoms with van der Waals surface area (Å²) in [7, 11) is 2.14. The topological polar surface area (TPSA) is 35.6 Å². The molecule has 0 aromatic rings. The summed E-state index contributed by atoms with van der Waals surface area (Å²) < 4.78 is 0. The molecule has 4 heteroatoms. The molecule has 2 saturated heterocycles. The normalized spacial score (nSPS) is 32.8. The van der Waals surface area contributed by atoms with Crippen molar-refractivity contribution in [2.45, 2.75) is 38.3 Å². The second-order valence-electron chi connectivity index (χ2n) is 5.15. The van der Waals surface area contributed by atoms with Crippen molar-refractivity contribution >= 4 is 5.91 Å². The minimum atomic E-state index is 0.0888. The van der Waals surface area contributed by atoms with E-state index in [0.29, 0.717) is 11.9 Å². The van der Waals surface area contributed by atoms with Crippen LogP contribution in [0.3, 0.4) is 0 Å². The van der Waals surface area contributed by atoms with Gasteiger partial charge >= 0.3 is 0 Å². The van der Waals surface area contributed by atoms with E-state index >= 15 is 0 Å². The lowest BCUT2D eigenvalue weighted by Gasteiger charge is -2.30. The van der Waals surface area contributed by atoms with E-state index in [2.05, 4.69) is 29.1 Å². The molecule has 2 fully saturated rings. The summed E-state index contributed by atoms with van der Waals surface area (Å²) in [6, 6.07) is 0.438. The first kappa shape index (κ1) is 11.9. The molecule has 2 rings (SSSR count). The average molecular weight is 225 g/mol. The van der Waals surface area contributed by atoms with Crippen LogP contribution in [0.5, 0.6) is 0 Å². The van der Waals surface area contributed by atoms with Crippen molar-refractivity contribution in [1.29, 1.82) is 0 Å². The molecule has 2 aliphatic rings. The summed E-state index contributed by atoms with van der Waals surface area (Å²) in [5.41, 5.74) is 0. The van der Waals surface area contributed by atoms with Crippen molar-refractivity contribution in [3.05, 3.63) is 0 Å². The van der Waals surface area contributed by atoms with E-state index in [0.717, 1.165) is 45.4 Å². The van der Waals surface area contributed by atoms with Gasteiger partial charge in [0.1, 0.15) is 0 Å². The van der Waals surface area contributed by atoms with Gasteiger partial charge in [-0.2, -0.15) is 0 Å². The fraction of sp³-hybridized carbons (Fsp3) is 0.917. The Morgan fingerprint density at radius 1 is 1.31 bits per heavy atom. The summed E-state index contributed by atoms with van der Waals surface area (Å²) in [5.74, 6) is 0.320. The van der Waals surface area contributed by atoms with E-state index in [1.807, 2.05) is 0 Å². The Balaban J connectivity index is 1.98. The molecule has 0 radical (unpaired) electrons. The maximum atomic E-state index is 12.3. The number of nitrogens with one attached hydrogen (secondary N) is 1. The number of likely N-dealkylation sites (N-methyl/N-ethyl adjacent to an activating group) is 1. The Bertz CT molecular complexity index is 251. The first-order valence-electron chi connectivity index (χ1n) is 6.41. The highest BCUT2D eigenvalue weighted by molar-refractivity contribution is 5.82. The van der Waals surface area contributed by atoms with Crippen molar-refractivity contribution in [1.82, 2.24) is 15.1 Å². The van der Waals surface area contributed by atoms with Crippen LogP contribution in [0.25, 0.3) is 0 Å². The van der Waals surface area contributed by atoms with Crippen molar-refractivity contribution in [3.63, 3.8) is 0 Å². The molecule has 0 aromatic heterocycles.